The van der Waals surface area contributed by atoms with Crippen molar-refractivity contribution < 1.29 is 0 Å². The molecule has 1 saturated carbocycles. The number of benzene rings is 1. The van der Waals surface area contributed by atoms with Crippen molar-refractivity contribution in [3.8, 4) is 0 Å². The highest BCUT2D eigenvalue weighted by Gasteiger charge is 2.25. The summed E-state index contributed by atoms with van der Waals surface area (Å²) in [5.74, 6) is 0.649. The van der Waals surface area contributed by atoms with Crippen molar-refractivity contribution in [2.24, 2.45) is 11.7 Å². The molecule has 2 aliphatic rings. The number of nitrogens with zero attached hydrogens (tertiary/aromatic N) is 1. The molecule has 1 aromatic carbocycles. The van der Waals surface area contributed by atoms with Crippen molar-refractivity contribution in [2.45, 2.75) is 38.1 Å². The van der Waals surface area contributed by atoms with E-state index in [0.29, 0.717) is 12.0 Å². The Kier molecular flexibility index (Phi) is 3.92. The molecule has 2 unspecified atom stereocenters. The number of hydrogen-bond acceptors (Lipinski definition) is 3. The Hall–Kier alpha value is -1.22. The van der Waals surface area contributed by atoms with Crippen LogP contribution >= 0.6 is 0 Å². The van der Waals surface area contributed by atoms with Gasteiger partial charge in [0.15, 0.2) is 0 Å². The Labute approximate surface area is 116 Å². The van der Waals surface area contributed by atoms with Gasteiger partial charge >= 0.3 is 0 Å². The molecule has 1 saturated heterocycles. The van der Waals surface area contributed by atoms with Crippen molar-refractivity contribution in [3.05, 3.63) is 24.3 Å². The van der Waals surface area contributed by atoms with Gasteiger partial charge in [0.05, 0.1) is 0 Å². The Morgan fingerprint density at radius 3 is 2.79 bits per heavy atom. The van der Waals surface area contributed by atoms with Gasteiger partial charge < -0.3 is 16.0 Å². The zero-order valence-corrected chi connectivity index (χ0v) is 11.6. The fourth-order valence-electron chi connectivity index (χ4n) is 3.49. The minimum atomic E-state index is 0.568. The first-order valence-corrected chi connectivity index (χ1v) is 7.68. The van der Waals surface area contributed by atoms with Crippen LogP contribution in [-0.4, -0.2) is 25.7 Å². The molecule has 2 atom stereocenters. The lowest BCUT2D eigenvalue weighted by Crippen LogP contribution is -2.29. The van der Waals surface area contributed by atoms with E-state index in [1.54, 1.807) is 0 Å². The van der Waals surface area contributed by atoms with E-state index in [1.807, 2.05) is 0 Å². The summed E-state index contributed by atoms with van der Waals surface area (Å²) >= 11 is 0. The maximum atomic E-state index is 5.86. The minimum absolute atomic E-state index is 0.568. The topological polar surface area (TPSA) is 41.3 Å². The average Bonchev–Trinajstić information content (AvgIpc) is 3.10. The summed E-state index contributed by atoms with van der Waals surface area (Å²) in [4.78, 5) is 2.49. The molecule has 0 aromatic heterocycles. The van der Waals surface area contributed by atoms with Crippen LogP contribution in [0.1, 0.15) is 32.1 Å². The Balaban J connectivity index is 1.69. The molecule has 1 aromatic rings. The zero-order chi connectivity index (χ0) is 13.1. The molecular weight excluding hydrogens is 234 g/mol. The van der Waals surface area contributed by atoms with Gasteiger partial charge in [-0.1, -0.05) is 12.5 Å². The molecule has 3 rings (SSSR count). The third-order valence-electron chi connectivity index (χ3n) is 4.63. The number of rotatable bonds is 4. The van der Waals surface area contributed by atoms with Crippen LogP contribution in [0.25, 0.3) is 0 Å². The normalized spacial score (nSPS) is 26.9. The van der Waals surface area contributed by atoms with Gasteiger partial charge in [-0.15, -0.1) is 0 Å². The van der Waals surface area contributed by atoms with Crippen molar-refractivity contribution in [2.75, 3.05) is 29.9 Å². The predicted molar refractivity (Wildman–Crippen MR) is 81.7 cm³/mol. The molecule has 1 heterocycles. The molecule has 3 N–H and O–H groups in total. The second-order valence-electron chi connectivity index (χ2n) is 5.92. The van der Waals surface area contributed by atoms with E-state index >= 15 is 0 Å². The third-order valence-corrected chi connectivity index (χ3v) is 4.63. The van der Waals surface area contributed by atoms with Crippen molar-refractivity contribution in [1.29, 1.82) is 0 Å². The second kappa shape index (κ2) is 5.83. The quantitative estimate of drug-likeness (QED) is 0.873. The first kappa shape index (κ1) is 12.8. The van der Waals surface area contributed by atoms with Gasteiger partial charge in [-0.25, -0.2) is 0 Å². The lowest BCUT2D eigenvalue weighted by Gasteiger charge is -2.23. The number of hydrogen-bond donors (Lipinski definition) is 2. The summed E-state index contributed by atoms with van der Waals surface area (Å²) < 4.78 is 0. The van der Waals surface area contributed by atoms with Gasteiger partial charge in [-0.05, 0) is 56.3 Å². The molecule has 19 heavy (non-hydrogen) atoms. The maximum Gasteiger partial charge on any atom is 0.0386 e. The lowest BCUT2D eigenvalue weighted by atomic mass is 10.0. The van der Waals surface area contributed by atoms with E-state index in [1.165, 1.54) is 56.6 Å². The average molecular weight is 259 g/mol. The number of nitrogens with one attached hydrogen (secondary N) is 1. The fraction of sp³-hybridized carbons (Fsp3) is 0.625. The van der Waals surface area contributed by atoms with Crippen LogP contribution in [0.15, 0.2) is 24.3 Å². The van der Waals surface area contributed by atoms with Gasteiger partial charge in [0.1, 0.15) is 0 Å². The monoisotopic (exact) mass is 259 g/mol. The molecule has 1 aliphatic carbocycles. The highest BCUT2D eigenvalue weighted by Crippen LogP contribution is 2.29. The van der Waals surface area contributed by atoms with Gasteiger partial charge in [-0.3, -0.25) is 0 Å². The summed E-state index contributed by atoms with van der Waals surface area (Å²) in [6.45, 7) is 3.22. The lowest BCUT2D eigenvalue weighted by molar-refractivity contribution is 0.516. The molecular formula is C16H25N3. The molecule has 1 aliphatic heterocycles. The molecule has 0 radical (unpaired) electrons. The van der Waals surface area contributed by atoms with Crippen LogP contribution in [0.3, 0.4) is 0 Å². The summed E-state index contributed by atoms with van der Waals surface area (Å²) in [6.07, 6.45) is 6.51. The van der Waals surface area contributed by atoms with Crippen molar-refractivity contribution >= 4 is 11.4 Å². The fourth-order valence-corrected chi connectivity index (χ4v) is 3.49. The van der Waals surface area contributed by atoms with Crippen LogP contribution in [-0.2, 0) is 0 Å². The summed E-state index contributed by atoms with van der Waals surface area (Å²) in [5.41, 5.74) is 8.48. The molecule has 2 fully saturated rings. The summed E-state index contributed by atoms with van der Waals surface area (Å²) in [7, 11) is 0. The molecule has 104 valence electrons. The highest BCUT2D eigenvalue weighted by molar-refractivity contribution is 5.59. The van der Waals surface area contributed by atoms with Gasteiger partial charge in [0.2, 0.25) is 0 Å². The predicted octanol–water partition coefficient (Wildman–Crippen LogP) is 2.83. The number of anilines is 2. The van der Waals surface area contributed by atoms with E-state index in [9.17, 15) is 0 Å². The third kappa shape index (κ3) is 2.86. The SMILES string of the molecule is NCC1CCCC1Nc1cccc(N2CCCC2)c1. The van der Waals surface area contributed by atoms with E-state index in [2.05, 4.69) is 34.5 Å². The van der Waals surface area contributed by atoms with Gasteiger partial charge in [0, 0.05) is 30.5 Å². The van der Waals surface area contributed by atoms with Crippen LogP contribution in [0.2, 0.25) is 0 Å². The summed E-state index contributed by atoms with van der Waals surface area (Å²) in [5, 5.41) is 3.70. The Morgan fingerprint density at radius 1 is 1.16 bits per heavy atom. The molecule has 0 spiro atoms. The Bertz CT molecular complexity index is 412. The maximum absolute atomic E-state index is 5.86. The van der Waals surface area contributed by atoms with E-state index in [4.69, 9.17) is 5.73 Å². The van der Waals surface area contributed by atoms with Gasteiger partial charge in [0.25, 0.3) is 0 Å². The van der Waals surface area contributed by atoms with E-state index in [-0.39, 0.29) is 0 Å². The zero-order valence-electron chi connectivity index (χ0n) is 11.6. The van der Waals surface area contributed by atoms with Crippen LogP contribution < -0.4 is 16.0 Å². The van der Waals surface area contributed by atoms with Crippen LogP contribution in [0.4, 0.5) is 11.4 Å². The molecule has 0 amide bonds. The standard InChI is InChI=1S/C16H25N3/c17-12-13-5-3-8-16(13)18-14-6-4-7-15(11-14)19-9-1-2-10-19/h4,6-7,11,13,16,18H,1-3,5,8-10,12,17H2. The first-order chi connectivity index (χ1) is 9.36. The largest absolute Gasteiger partial charge is 0.382 e. The van der Waals surface area contributed by atoms with Crippen molar-refractivity contribution in [1.82, 2.24) is 0 Å². The van der Waals surface area contributed by atoms with Crippen LogP contribution in [0, 0.1) is 5.92 Å². The first-order valence-electron chi connectivity index (χ1n) is 7.68. The highest BCUT2D eigenvalue weighted by atomic mass is 15.1. The summed E-state index contributed by atoms with van der Waals surface area (Å²) in [6, 6.07) is 9.45. The van der Waals surface area contributed by atoms with E-state index < -0.39 is 0 Å². The van der Waals surface area contributed by atoms with Gasteiger partial charge in [-0.2, -0.15) is 0 Å². The van der Waals surface area contributed by atoms with Crippen LogP contribution in [0.5, 0.6) is 0 Å². The smallest absolute Gasteiger partial charge is 0.0386 e. The molecule has 0 bridgehead atoms. The number of nitrogens with two attached hydrogens (primary N) is 1. The second-order valence-corrected chi connectivity index (χ2v) is 5.92. The molecule has 3 nitrogen and oxygen atoms in total. The minimum Gasteiger partial charge on any atom is -0.382 e. The Morgan fingerprint density at radius 2 is 2.00 bits per heavy atom. The van der Waals surface area contributed by atoms with Crippen molar-refractivity contribution in [3.63, 3.8) is 0 Å². The molecule has 3 heteroatoms. The van der Waals surface area contributed by atoms with E-state index in [0.717, 1.165) is 6.54 Å².